The number of amides is 1. The van der Waals surface area contributed by atoms with Gasteiger partial charge in [0, 0.05) is 11.1 Å². The number of nitrogens with one attached hydrogen (secondary N) is 2. The molecule has 82 valence electrons. The molecule has 4 N–H and O–H groups in total. The van der Waals surface area contributed by atoms with Crippen molar-refractivity contribution in [1.82, 2.24) is 10.4 Å². The second-order valence-corrected chi connectivity index (χ2v) is 4.34. The first-order valence-electron chi connectivity index (χ1n) is 4.61. The van der Waals surface area contributed by atoms with Crippen LogP contribution in [-0.4, -0.2) is 10.9 Å². The number of aromatic amines is 1. The van der Waals surface area contributed by atoms with Crippen LogP contribution in [0.2, 0.25) is 0 Å². The Morgan fingerprint density at radius 3 is 2.40 bits per heavy atom. The molecule has 0 unspecified atom stereocenters. The van der Waals surface area contributed by atoms with E-state index in [4.69, 9.17) is 5.84 Å². The second-order valence-electron chi connectivity index (χ2n) is 4.34. The minimum atomic E-state index is -0.586. The Morgan fingerprint density at radius 1 is 1.40 bits per heavy atom. The van der Waals surface area contributed by atoms with Crippen LogP contribution in [0.5, 0.6) is 0 Å². The average molecular weight is 209 g/mol. The number of carbonyl (C=O) groups is 1. The van der Waals surface area contributed by atoms with Crippen LogP contribution in [-0.2, 0) is 5.41 Å². The van der Waals surface area contributed by atoms with Gasteiger partial charge >= 0.3 is 0 Å². The third-order valence-electron chi connectivity index (χ3n) is 2.09. The Hall–Kier alpha value is -1.62. The Labute approximate surface area is 87.7 Å². The number of hydrogen-bond acceptors (Lipinski definition) is 3. The number of nitrogen functional groups attached to an aromatic ring is 1. The van der Waals surface area contributed by atoms with Gasteiger partial charge in [0.05, 0.1) is 0 Å². The third-order valence-corrected chi connectivity index (χ3v) is 2.09. The highest BCUT2D eigenvalue weighted by Crippen LogP contribution is 2.18. The molecule has 5 heteroatoms. The number of nitrogens with two attached hydrogens (primary N) is 1. The molecule has 15 heavy (non-hydrogen) atoms. The summed E-state index contributed by atoms with van der Waals surface area (Å²) in [6.45, 7) is 5.92. The van der Waals surface area contributed by atoms with Gasteiger partial charge in [-0.05, 0) is 12.1 Å². The molecule has 0 atom stereocenters. The zero-order valence-corrected chi connectivity index (χ0v) is 9.05. The molecule has 0 aliphatic rings. The predicted octanol–water partition coefficient (Wildman–Crippen LogP) is 0.276. The highest BCUT2D eigenvalue weighted by Gasteiger charge is 2.17. The highest BCUT2D eigenvalue weighted by atomic mass is 16.2. The monoisotopic (exact) mass is 209 g/mol. The summed E-state index contributed by atoms with van der Waals surface area (Å²) >= 11 is 0. The Bertz CT molecular complexity index is 429. The quantitative estimate of drug-likeness (QED) is 0.352. The van der Waals surface area contributed by atoms with Crippen LogP contribution in [0, 0.1) is 0 Å². The van der Waals surface area contributed by atoms with Crippen molar-refractivity contribution >= 4 is 5.91 Å². The molecule has 1 aromatic heterocycles. The summed E-state index contributed by atoms with van der Waals surface area (Å²) in [7, 11) is 0. The number of pyridine rings is 1. The van der Waals surface area contributed by atoms with Gasteiger partial charge in [0.25, 0.3) is 11.5 Å². The van der Waals surface area contributed by atoms with Crippen molar-refractivity contribution in [2.75, 3.05) is 0 Å². The van der Waals surface area contributed by atoms with Crippen molar-refractivity contribution in [1.29, 1.82) is 0 Å². The first kappa shape index (κ1) is 11.5. The van der Waals surface area contributed by atoms with E-state index in [9.17, 15) is 9.59 Å². The van der Waals surface area contributed by atoms with Crippen LogP contribution >= 0.6 is 0 Å². The van der Waals surface area contributed by atoms with Gasteiger partial charge in [-0.2, -0.15) is 0 Å². The number of rotatable bonds is 1. The van der Waals surface area contributed by atoms with E-state index >= 15 is 0 Å². The Morgan fingerprint density at radius 2 is 2.00 bits per heavy atom. The predicted molar refractivity (Wildman–Crippen MR) is 57.4 cm³/mol. The first-order valence-corrected chi connectivity index (χ1v) is 4.61. The first-order chi connectivity index (χ1) is 6.86. The third kappa shape index (κ3) is 2.44. The van der Waals surface area contributed by atoms with E-state index in [1.807, 2.05) is 26.2 Å². The zero-order chi connectivity index (χ0) is 11.6. The molecule has 1 amide bonds. The Balaban J connectivity index is 3.21. The summed E-state index contributed by atoms with van der Waals surface area (Å²) in [6, 6.07) is 3.19. The van der Waals surface area contributed by atoms with E-state index in [-0.39, 0.29) is 11.0 Å². The summed E-state index contributed by atoms with van der Waals surface area (Å²) in [5, 5.41) is 0. The van der Waals surface area contributed by atoms with E-state index in [1.54, 1.807) is 6.07 Å². The summed E-state index contributed by atoms with van der Waals surface area (Å²) < 4.78 is 0. The van der Waals surface area contributed by atoms with E-state index < -0.39 is 11.5 Å². The van der Waals surface area contributed by atoms with Crippen LogP contribution in [0.3, 0.4) is 0 Å². The summed E-state index contributed by atoms with van der Waals surface area (Å²) in [4.78, 5) is 25.3. The molecular weight excluding hydrogens is 194 g/mol. The number of carbonyl (C=O) groups excluding carboxylic acids is 1. The minimum Gasteiger partial charge on any atom is -0.325 e. The fourth-order valence-electron chi connectivity index (χ4n) is 1.17. The summed E-state index contributed by atoms with van der Waals surface area (Å²) in [6.07, 6.45) is 0. The lowest BCUT2D eigenvalue weighted by atomic mass is 9.91. The van der Waals surface area contributed by atoms with Gasteiger partial charge in [0.1, 0.15) is 5.56 Å². The maximum Gasteiger partial charge on any atom is 0.270 e. The molecule has 0 fully saturated rings. The largest absolute Gasteiger partial charge is 0.325 e. The van der Waals surface area contributed by atoms with Crippen molar-refractivity contribution in [3.8, 4) is 0 Å². The molecule has 1 heterocycles. The van der Waals surface area contributed by atoms with Crippen LogP contribution in [0.25, 0.3) is 0 Å². The average Bonchev–Trinajstić information content (AvgIpc) is 2.15. The molecule has 0 spiro atoms. The summed E-state index contributed by atoms with van der Waals surface area (Å²) in [5.41, 5.74) is 2.14. The molecule has 0 aromatic carbocycles. The van der Waals surface area contributed by atoms with Gasteiger partial charge in [-0.15, -0.1) is 0 Å². The van der Waals surface area contributed by atoms with Crippen LogP contribution in [0.1, 0.15) is 36.8 Å². The van der Waals surface area contributed by atoms with E-state index in [0.29, 0.717) is 0 Å². The second kappa shape index (κ2) is 3.86. The lowest BCUT2D eigenvalue weighted by Gasteiger charge is -2.18. The number of hydrazine groups is 1. The summed E-state index contributed by atoms with van der Waals surface area (Å²) in [5.74, 6) is 4.36. The van der Waals surface area contributed by atoms with Crippen LogP contribution < -0.4 is 16.8 Å². The maximum absolute atomic E-state index is 11.5. The van der Waals surface area contributed by atoms with Gasteiger partial charge in [0.2, 0.25) is 0 Å². The van der Waals surface area contributed by atoms with E-state index in [1.165, 1.54) is 6.07 Å². The maximum atomic E-state index is 11.5. The highest BCUT2D eigenvalue weighted by molar-refractivity contribution is 5.93. The Kier molecular flexibility index (Phi) is 2.95. The normalized spacial score (nSPS) is 11.2. The van der Waals surface area contributed by atoms with E-state index in [2.05, 4.69) is 4.98 Å². The van der Waals surface area contributed by atoms with Gasteiger partial charge in [-0.1, -0.05) is 20.8 Å². The zero-order valence-electron chi connectivity index (χ0n) is 9.05. The molecule has 0 aliphatic carbocycles. The smallest absolute Gasteiger partial charge is 0.270 e. The van der Waals surface area contributed by atoms with Crippen molar-refractivity contribution in [3.63, 3.8) is 0 Å². The molecule has 0 bridgehead atoms. The lowest BCUT2D eigenvalue weighted by Crippen LogP contribution is -2.35. The van der Waals surface area contributed by atoms with Crippen molar-refractivity contribution in [3.05, 3.63) is 33.7 Å². The SMILES string of the molecule is CC(C)(C)c1ccc(C(=O)NN)c(=O)[nH]1. The van der Waals surface area contributed by atoms with E-state index in [0.717, 1.165) is 5.69 Å². The topological polar surface area (TPSA) is 88.0 Å². The van der Waals surface area contributed by atoms with Crippen molar-refractivity contribution in [2.24, 2.45) is 5.84 Å². The minimum absolute atomic E-state index is 0.0190. The number of aromatic nitrogens is 1. The standard InChI is InChI=1S/C10H15N3O2/c1-10(2,3)7-5-4-6(8(14)12-7)9(15)13-11/h4-5H,11H2,1-3H3,(H,12,14)(H,13,15). The number of hydrogen-bond donors (Lipinski definition) is 3. The van der Waals surface area contributed by atoms with Gasteiger partial charge < -0.3 is 4.98 Å². The fraction of sp³-hybridized carbons (Fsp3) is 0.400. The molecular formula is C10H15N3O2. The van der Waals surface area contributed by atoms with Crippen molar-refractivity contribution in [2.45, 2.75) is 26.2 Å². The van der Waals surface area contributed by atoms with Crippen LogP contribution in [0.4, 0.5) is 0 Å². The van der Waals surface area contributed by atoms with Gasteiger partial charge in [0.15, 0.2) is 0 Å². The molecule has 0 saturated carbocycles. The molecule has 0 saturated heterocycles. The number of H-pyrrole nitrogens is 1. The lowest BCUT2D eigenvalue weighted by molar-refractivity contribution is 0.0952. The van der Waals surface area contributed by atoms with Crippen LogP contribution in [0.15, 0.2) is 16.9 Å². The fourth-order valence-corrected chi connectivity index (χ4v) is 1.17. The molecule has 0 aliphatic heterocycles. The molecule has 1 aromatic rings. The molecule has 0 radical (unpaired) electrons. The van der Waals surface area contributed by atoms with Gasteiger partial charge in [-0.3, -0.25) is 15.0 Å². The van der Waals surface area contributed by atoms with Gasteiger partial charge in [-0.25, -0.2) is 5.84 Å². The van der Waals surface area contributed by atoms with Crippen molar-refractivity contribution < 1.29 is 4.79 Å². The molecule has 5 nitrogen and oxygen atoms in total. The molecule has 1 rings (SSSR count).